The zero-order chi connectivity index (χ0) is 3.58. The second kappa shape index (κ2) is 5.31. The molecule has 0 aliphatic carbocycles. The van der Waals surface area contributed by atoms with Gasteiger partial charge in [-0.3, -0.25) is 0 Å². The Bertz CT molecular complexity index is 33.8. The van der Waals surface area contributed by atoms with E-state index in [1.807, 2.05) is 0 Å². The fourth-order valence-electron chi connectivity index (χ4n) is 0. The zero-order valence-corrected chi connectivity index (χ0v) is 7.03. The quantitative estimate of drug-likeness (QED) is 0.312. The molecule has 0 atom stereocenters. The van der Waals surface area contributed by atoms with E-state index in [2.05, 4.69) is 0 Å². The normalized spacial score (nSPS) is 5.20. The van der Waals surface area contributed by atoms with E-state index in [0.29, 0.717) is 0 Å². The van der Waals surface area contributed by atoms with Crippen molar-refractivity contribution in [1.29, 1.82) is 0 Å². The van der Waals surface area contributed by atoms with Crippen molar-refractivity contribution in [2.24, 2.45) is 0 Å². The molecular formula is C3H7KO+2. The van der Waals surface area contributed by atoms with Crippen LogP contribution in [0.3, 0.4) is 0 Å². The minimum atomic E-state index is 0. The zero-order valence-electron chi connectivity index (χ0n) is 4.91. The number of carbonyl (C=O) groups is 1. The summed E-state index contributed by atoms with van der Waals surface area (Å²) in [5.41, 5.74) is 0. The van der Waals surface area contributed by atoms with Gasteiger partial charge in [0.05, 0.1) is 0 Å². The Balaban J connectivity index is -0.0000000450. The molecule has 5 heavy (non-hydrogen) atoms. The topological polar surface area (TPSA) is 17.1 Å². The van der Waals surface area contributed by atoms with Gasteiger partial charge in [-0.15, -0.1) is 0 Å². The van der Waals surface area contributed by atoms with Crippen molar-refractivity contribution in [2.75, 3.05) is 0 Å². The van der Waals surface area contributed by atoms with Crippen LogP contribution in [-0.4, -0.2) is 5.78 Å². The molecule has 0 spiro atoms. The maximum atomic E-state index is 9.44. The minimum Gasteiger partial charge on any atom is -0.300 e. The second-order valence-electron chi connectivity index (χ2n) is 0.908. The van der Waals surface area contributed by atoms with Crippen molar-refractivity contribution in [1.82, 2.24) is 0 Å². The van der Waals surface area contributed by atoms with Gasteiger partial charge in [0, 0.05) is 0 Å². The van der Waals surface area contributed by atoms with Gasteiger partial charge in [0.2, 0.25) is 0 Å². The Hall–Kier alpha value is 1.31. The Morgan fingerprint density at radius 1 is 1.60 bits per heavy atom. The number of Topliss-reactive ketones (excluding diaryl/α,β-unsaturated/α-hetero) is 1. The van der Waals surface area contributed by atoms with Crippen LogP contribution in [0.1, 0.15) is 15.3 Å². The number of carbonyl (C=O) groups excluding carboxylic acids is 1. The van der Waals surface area contributed by atoms with E-state index in [4.69, 9.17) is 0 Å². The predicted molar refractivity (Wildman–Crippen MR) is 17.5 cm³/mol. The van der Waals surface area contributed by atoms with Crippen LogP contribution in [0.15, 0.2) is 0 Å². The van der Waals surface area contributed by atoms with E-state index >= 15 is 0 Å². The van der Waals surface area contributed by atoms with Crippen molar-refractivity contribution < 1.29 is 57.6 Å². The van der Waals surface area contributed by atoms with Gasteiger partial charge in [0.25, 0.3) is 0 Å². The summed E-state index contributed by atoms with van der Waals surface area (Å²) in [6.45, 7) is 3.06. The number of rotatable bonds is 0. The van der Waals surface area contributed by atoms with Crippen LogP contribution < -0.4 is 51.4 Å². The summed E-state index contributed by atoms with van der Waals surface area (Å²) in [5, 5.41) is 0. The Morgan fingerprint density at radius 2 is 1.60 bits per heavy atom. The van der Waals surface area contributed by atoms with Gasteiger partial charge in [0.15, 0.2) is 0 Å². The van der Waals surface area contributed by atoms with Crippen LogP contribution in [0.25, 0.3) is 0 Å². The van der Waals surface area contributed by atoms with Gasteiger partial charge in [-0.1, -0.05) is 0 Å². The Labute approximate surface area is 76.0 Å². The number of hydrogen-bond acceptors (Lipinski definition) is 1. The van der Waals surface area contributed by atoms with Crippen LogP contribution in [0.2, 0.25) is 0 Å². The first-order valence-electron chi connectivity index (χ1n) is 1.20. The average molecular weight is 98.2 g/mol. The van der Waals surface area contributed by atoms with E-state index in [1.54, 1.807) is 0 Å². The predicted octanol–water partition coefficient (Wildman–Crippen LogP) is -2.29. The molecule has 0 aromatic carbocycles. The first-order valence-corrected chi connectivity index (χ1v) is 1.20. The minimum absolute atomic E-state index is 0. The molecule has 0 saturated carbocycles. The molecule has 0 aromatic heterocycles. The summed E-state index contributed by atoms with van der Waals surface area (Å²) in [6, 6.07) is 0. The third-order valence-corrected chi connectivity index (χ3v) is 0. The summed E-state index contributed by atoms with van der Waals surface area (Å²) < 4.78 is 0. The summed E-state index contributed by atoms with van der Waals surface area (Å²) in [6.07, 6.45) is 0. The molecule has 0 saturated heterocycles. The van der Waals surface area contributed by atoms with E-state index in [-0.39, 0.29) is 58.6 Å². The van der Waals surface area contributed by atoms with Crippen molar-refractivity contribution in [3.8, 4) is 0 Å². The fourth-order valence-corrected chi connectivity index (χ4v) is 0. The maximum Gasteiger partial charge on any atom is 1.00 e. The molecule has 1 nitrogen and oxygen atoms in total. The average Bonchev–Trinajstić information content (AvgIpc) is 0.811. The number of hydrogen-bond donors (Lipinski definition) is 0. The Kier molecular flexibility index (Phi) is 10.2. The van der Waals surface area contributed by atoms with Gasteiger partial charge in [0.1, 0.15) is 5.78 Å². The van der Waals surface area contributed by atoms with Crippen LogP contribution in [-0.2, 0) is 4.79 Å². The van der Waals surface area contributed by atoms with Gasteiger partial charge in [-0.2, -0.15) is 0 Å². The van der Waals surface area contributed by atoms with Crippen LogP contribution in [0.4, 0.5) is 0 Å². The van der Waals surface area contributed by atoms with Gasteiger partial charge < -0.3 is 4.79 Å². The van der Waals surface area contributed by atoms with Crippen LogP contribution in [0, 0.1) is 0 Å². The maximum absolute atomic E-state index is 9.44. The molecule has 0 aromatic rings. The molecule has 0 radical (unpaired) electrons. The van der Waals surface area contributed by atoms with E-state index in [9.17, 15) is 4.79 Å². The summed E-state index contributed by atoms with van der Waals surface area (Å²) >= 11 is 0. The molecule has 2 heteroatoms. The third-order valence-electron chi connectivity index (χ3n) is 0. The van der Waals surface area contributed by atoms with Gasteiger partial charge in [-0.05, 0) is 13.8 Å². The molecule has 0 heterocycles. The monoisotopic (exact) mass is 98.0 g/mol. The van der Waals surface area contributed by atoms with Crippen molar-refractivity contribution in [3.05, 3.63) is 0 Å². The fraction of sp³-hybridized carbons (Fsp3) is 0.667. The molecule has 0 fully saturated rings. The first kappa shape index (κ1) is 9.58. The SMILES string of the molecule is CC(C)=O.[H+].[K+]. The van der Waals surface area contributed by atoms with Crippen molar-refractivity contribution >= 4 is 5.78 Å². The molecule has 0 amide bonds. The summed E-state index contributed by atoms with van der Waals surface area (Å²) in [7, 11) is 0. The third kappa shape index (κ3) is 34.0. The molecule has 0 unspecified atom stereocenters. The summed E-state index contributed by atoms with van der Waals surface area (Å²) in [4.78, 5) is 9.44. The smallest absolute Gasteiger partial charge is 0.300 e. The first-order chi connectivity index (χ1) is 1.73. The van der Waals surface area contributed by atoms with E-state index < -0.39 is 0 Å². The standard InChI is InChI=1S/C3H6O.K/c1-3(2)4;/h1-2H3;/q;+1/p+1. The molecule has 0 aliphatic heterocycles. The van der Waals surface area contributed by atoms with Crippen LogP contribution in [0.5, 0.6) is 0 Å². The largest absolute Gasteiger partial charge is 1.00 e. The molecule has 0 N–H and O–H groups in total. The van der Waals surface area contributed by atoms with E-state index in [1.165, 1.54) is 13.8 Å². The molecule has 0 aliphatic rings. The van der Waals surface area contributed by atoms with Gasteiger partial charge >= 0.3 is 52.8 Å². The second-order valence-corrected chi connectivity index (χ2v) is 0.908. The van der Waals surface area contributed by atoms with Gasteiger partial charge in [-0.25, -0.2) is 0 Å². The van der Waals surface area contributed by atoms with Crippen molar-refractivity contribution in [2.45, 2.75) is 13.8 Å². The molecular weight excluding hydrogens is 91.1 g/mol. The van der Waals surface area contributed by atoms with E-state index in [0.717, 1.165) is 0 Å². The Morgan fingerprint density at radius 3 is 1.60 bits per heavy atom. The molecule has 0 rings (SSSR count). The van der Waals surface area contributed by atoms with Crippen LogP contribution >= 0.6 is 0 Å². The molecule has 0 bridgehead atoms. The number of ketones is 1. The summed E-state index contributed by atoms with van der Waals surface area (Å²) in [5.74, 6) is 0.167. The van der Waals surface area contributed by atoms with Crippen molar-refractivity contribution in [3.63, 3.8) is 0 Å². The molecule has 24 valence electrons.